The van der Waals surface area contributed by atoms with Crippen molar-refractivity contribution in [3.63, 3.8) is 0 Å². The molecule has 0 heterocycles. The molecule has 0 atom stereocenters. The number of rotatable bonds is 3. The molecule has 0 saturated heterocycles. The second kappa shape index (κ2) is 6.23. The van der Waals surface area contributed by atoms with E-state index in [4.69, 9.17) is 18.0 Å². The minimum atomic E-state index is 0.172. The lowest BCUT2D eigenvalue weighted by Gasteiger charge is -2.23. The van der Waals surface area contributed by atoms with Crippen LogP contribution in [0.15, 0.2) is 35.3 Å². The zero-order chi connectivity index (χ0) is 12.0. The molecule has 1 rings (SSSR count). The van der Waals surface area contributed by atoms with E-state index in [1.807, 2.05) is 30.3 Å². The van der Waals surface area contributed by atoms with Gasteiger partial charge >= 0.3 is 0 Å². The van der Waals surface area contributed by atoms with Crippen molar-refractivity contribution in [2.45, 2.75) is 13.8 Å². The minimum Gasteiger partial charge on any atom is -0.374 e. The maximum Gasteiger partial charge on any atom is 0.192 e. The van der Waals surface area contributed by atoms with Crippen molar-refractivity contribution < 1.29 is 0 Å². The minimum absolute atomic E-state index is 0.172. The van der Waals surface area contributed by atoms with Crippen LogP contribution >= 0.6 is 12.2 Å². The molecule has 0 radical (unpaired) electrons. The first-order valence-corrected chi connectivity index (χ1v) is 5.78. The Morgan fingerprint density at radius 1 is 1.25 bits per heavy atom. The number of thiocarbonyl (C=S) groups is 1. The molecular weight excluding hydrogens is 218 g/mol. The average molecular weight is 235 g/mol. The van der Waals surface area contributed by atoms with E-state index < -0.39 is 0 Å². The molecule has 0 aliphatic heterocycles. The van der Waals surface area contributed by atoms with Gasteiger partial charge in [-0.25, -0.2) is 4.99 Å². The van der Waals surface area contributed by atoms with Crippen molar-refractivity contribution in [2.75, 3.05) is 13.1 Å². The van der Waals surface area contributed by atoms with Crippen molar-refractivity contribution in [3.05, 3.63) is 35.9 Å². The highest BCUT2D eigenvalue weighted by Crippen LogP contribution is 2.06. The molecule has 0 bridgehead atoms. The molecule has 0 fully saturated rings. The fourth-order valence-corrected chi connectivity index (χ4v) is 1.62. The van der Waals surface area contributed by atoms with Crippen LogP contribution in [0.2, 0.25) is 0 Å². The highest BCUT2D eigenvalue weighted by atomic mass is 32.1. The molecule has 0 unspecified atom stereocenters. The lowest BCUT2D eigenvalue weighted by atomic mass is 10.2. The third-order valence-electron chi connectivity index (χ3n) is 2.31. The summed E-state index contributed by atoms with van der Waals surface area (Å²) in [5, 5.41) is 0.172. The zero-order valence-electron chi connectivity index (χ0n) is 9.68. The summed E-state index contributed by atoms with van der Waals surface area (Å²) in [7, 11) is 0. The number of nitrogens with zero attached hydrogens (tertiary/aromatic N) is 2. The highest BCUT2D eigenvalue weighted by Gasteiger charge is 2.10. The van der Waals surface area contributed by atoms with E-state index in [9.17, 15) is 0 Å². The van der Waals surface area contributed by atoms with E-state index in [-0.39, 0.29) is 5.11 Å². The molecule has 1 aromatic rings. The molecule has 3 nitrogen and oxygen atoms in total. The van der Waals surface area contributed by atoms with Gasteiger partial charge in [-0.1, -0.05) is 30.3 Å². The molecule has 2 N–H and O–H groups in total. The predicted octanol–water partition coefficient (Wildman–Crippen LogP) is 2.02. The van der Waals surface area contributed by atoms with Crippen LogP contribution in [0.1, 0.15) is 19.4 Å². The quantitative estimate of drug-likeness (QED) is 0.495. The molecule has 0 aliphatic rings. The predicted molar refractivity (Wildman–Crippen MR) is 72.7 cm³/mol. The largest absolute Gasteiger partial charge is 0.374 e. The summed E-state index contributed by atoms with van der Waals surface area (Å²) in [5.74, 6) is 0.845. The fourth-order valence-electron chi connectivity index (χ4n) is 1.53. The Morgan fingerprint density at radius 2 is 1.81 bits per heavy atom. The average Bonchev–Trinajstić information content (AvgIpc) is 2.30. The molecule has 86 valence electrons. The first kappa shape index (κ1) is 12.6. The SMILES string of the molecule is CCN(CC)/C(=N\C(N)=S)c1ccccc1. The maximum absolute atomic E-state index is 5.50. The summed E-state index contributed by atoms with van der Waals surface area (Å²) in [5.41, 5.74) is 6.54. The third-order valence-corrected chi connectivity index (χ3v) is 2.40. The molecule has 0 aromatic heterocycles. The van der Waals surface area contributed by atoms with Crippen LogP contribution in [0, 0.1) is 0 Å². The normalized spacial score (nSPS) is 11.2. The van der Waals surface area contributed by atoms with Crippen LogP contribution in [-0.2, 0) is 0 Å². The van der Waals surface area contributed by atoms with Gasteiger partial charge in [0.05, 0.1) is 0 Å². The molecule has 0 amide bonds. The summed E-state index contributed by atoms with van der Waals surface area (Å²) in [4.78, 5) is 6.37. The van der Waals surface area contributed by atoms with Gasteiger partial charge in [-0.05, 0) is 26.1 Å². The lowest BCUT2D eigenvalue weighted by Crippen LogP contribution is -2.32. The molecule has 16 heavy (non-hydrogen) atoms. The summed E-state index contributed by atoms with van der Waals surface area (Å²) in [6.07, 6.45) is 0. The second-order valence-corrected chi connectivity index (χ2v) is 3.73. The van der Waals surface area contributed by atoms with Crippen molar-refractivity contribution in [1.82, 2.24) is 4.90 Å². The summed E-state index contributed by atoms with van der Waals surface area (Å²) in [6.45, 7) is 5.93. The van der Waals surface area contributed by atoms with Crippen LogP contribution in [0.4, 0.5) is 0 Å². The van der Waals surface area contributed by atoms with Gasteiger partial charge in [-0.15, -0.1) is 0 Å². The summed E-state index contributed by atoms with van der Waals surface area (Å²) >= 11 is 4.85. The Balaban J connectivity index is 3.11. The number of hydrogen-bond acceptors (Lipinski definition) is 1. The Bertz CT molecular complexity index is 369. The van der Waals surface area contributed by atoms with Gasteiger partial charge in [-0.2, -0.15) is 0 Å². The number of nitrogens with two attached hydrogens (primary N) is 1. The second-order valence-electron chi connectivity index (χ2n) is 3.31. The zero-order valence-corrected chi connectivity index (χ0v) is 10.5. The topological polar surface area (TPSA) is 41.6 Å². The van der Waals surface area contributed by atoms with Crippen LogP contribution in [0.5, 0.6) is 0 Å². The molecule has 4 heteroatoms. The van der Waals surface area contributed by atoms with Gasteiger partial charge in [-0.3, -0.25) is 0 Å². The number of benzene rings is 1. The molecule has 0 saturated carbocycles. The highest BCUT2D eigenvalue weighted by molar-refractivity contribution is 7.80. The van der Waals surface area contributed by atoms with Gasteiger partial charge in [0.2, 0.25) is 0 Å². The van der Waals surface area contributed by atoms with E-state index in [2.05, 4.69) is 23.7 Å². The van der Waals surface area contributed by atoms with E-state index in [1.54, 1.807) is 0 Å². The van der Waals surface area contributed by atoms with Crippen LogP contribution in [-0.4, -0.2) is 28.9 Å². The van der Waals surface area contributed by atoms with Gasteiger partial charge in [0.1, 0.15) is 5.84 Å². The first-order valence-electron chi connectivity index (χ1n) is 5.37. The Morgan fingerprint density at radius 3 is 2.25 bits per heavy atom. The lowest BCUT2D eigenvalue weighted by molar-refractivity contribution is 0.467. The van der Waals surface area contributed by atoms with E-state index in [0.29, 0.717) is 0 Å². The molecule has 1 aromatic carbocycles. The van der Waals surface area contributed by atoms with E-state index in [0.717, 1.165) is 24.5 Å². The molecule has 0 aliphatic carbocycles. The van der Waals surface area contributed by atoms with Crippen LogP contribution in [0.3, 0.4) is 0 Å². The van der Waals surface area contributed by atoms with Crippen molar-refractivity contribution in [3.8, 4) is 0 Å². The number of aliphatic imine (C=N–C) groups is 1. The van der Waals surface area contributed by atoms with Gasteiger partial charge in [0.15, 0.2) is 5.11 Å². The third kappa shape index (κ3) is 3.31. The maximum atomic E-state index is 5.50. The van der Waals surface area contributed by atoms with Crippen LogP contribution < -0.4 is 5.73 Å². The Hall–Kier alpha value is -1.42. The molecular formula is C12H17N3S. The Kier molecular flexibility index (Phi) is 4.92. The first-order chi connectivity index (χ1) is 7.69. The van der Waals surface area contributed by atoms with E-state index >= 15 is 0 Å². The van der Waals surface area contributed by atoms with Gasteiger partial charge in [0.25, 0.3) is 0 Å². The van der Waals surface area contributed by atoms with E-state index in [1.165, 1.54) is 0 Å². The Labute approximate surface area is 102 Å². The van der Waals surface area contributed by atoms with Gasteiger partial charge < -0.3 is 10.6 Å². The van der Waals surface area contributed by atoms with Crippen molar-refractivity contribution in [2.24, 2.45) is 10.7 Å². The monoisotopic (exact) mass is 235 g/mol. The fraction of sp³-hybridized carbons (Fsp3) is 0.333. The number of hydrogen-bond donors (Lipinski definition) is 1. The smallest absolute Gasteiger partial charge is 0.192 e. The van der Waals surface area contributed by atoms with Gasteiger partial charge in [0, 0.05) is 18.7 Å². The van der Waals surface area contributed by atoms with Crippen LogP contribution in [0.25, 0.3) is 0 Å². The number of amidine groups is 1. The van der Waals surface area contributed by atoms with Crippen molar-refractivity contribution in [1.29, 1.82) is 0 Å². The standard InChI is InChI=1S/C12H17N3S/c1-3-15(4-2)11(14-12(13)16)10-8-6-5-7-9-10/h5-9H,3-4H2,1-2H3,(H2,13,16)/b14-11-. The van der Waals surface area contributed by atoms with Crippen molar-refractivity contribution >= 4 is 23.2 Å². The summed E-state index contributed by atoms with van der Waals surface area (Å²) < 4.78 is 0. The molecule has 0 spiro atoms. The summed E-state index contributed by atoms with van der Waals surface area (Å²) in [6, 6.07) is 9.96.